The maximum Gasteiger partial charge on any atom is 0.410 e. The molecule has 1 aliphatic heterocycles. The van der Waals surface area contributed by atoms with Gasteiger partial charge in [0, 0.05) is 18.5 Å². The van der Waals surface area contributed by atoms with E-state index in [1.807, 2.05) is 24.3 Å². The first-order valence-corrected chi connectivity index (χ1v) is 8.48. The van der Waals surface area contributed by atoms with Crippen LogP contribution >= 0.6 is 0 Å². The monoisotopic (exact) mass is 337 g/mol. The van der Waals surface area contributed by atoms with Crippen molar-refractivity contribution in [3.8, 4) is 11.1 Å². The highest BCUT2D eigenvalue weighted by Gasteiger charge is 2.36. The quantitative estimate of drug-likeness (QED) is 0.927. The van der Waals surface area contributed by atoms with Crippen LogP contribution in [0.3, 0.4) is 0 Å². The van der Waals surface area contributed by atoms with Gasteiger partial charge in [-0.25, -0.2) is 4.79 Å². The van der Waals surface area contributed by atoms with Crippen LogP contribution in [0.4, 0.5) is 4.79 Å². The third-order valence-electron chi connectivity index (χ3n) is 5.12. The van der Waals surface area contributed by atoms with Gasteiger partial charge in [0.1, 0.15) is 6.61 Å². The lowest BCUT2D eigenvalue weighted by molar-refractivity contribution is -0.139. The first-order valence-electron chi connectivity index (χ1n) is 8.48. The van der Waals surface area contributed by atoms with Gasteiger partial charge in [-0.1, -0.05) is 48.5 Å². The second-order valence-corrected chi connectivity index (χ2v) is 6.54. The second kappa shape index (κ2) is 6.24. The summed E-state index contributed by atoms with van der Waals surface area (Å²) in [5, 5.41) is 8.89. The molecule has 128 valence electrons. The minimum atomic E-state index is -0.888. The Hall–Kier alpha value is -2.82. The van der Waals surface area contributed by atoms with Crippen molar-refractivity contribution in [3.05, 3.63) is 59.7 Å². The fourth-order valence-corrected chi connectivity index (χ4v) is 3.77. The number of carbonyl (C=O) groups is 2. The molecule has 1 heterocycles. The number of carboxylic acid groups (broad SMARTS) is 1. The Morgan fingerprint density at radius 2 is 1.64 bits per heavy atom. The van der Waals surface area contributed by atoms with E-state index >= 15 is 0 Å². The van der Waals surface area contributed by atoms with Gasteiger partial charge in [-0.05, 0) is 28.7 Å². The lowest BCUT2D eigenvalue weighted by Gasteiger charge is -2.39. The topological polar surface area (TPSA) is 66.8 Å². The number of benzene rings is 2. The van der Waals surface area contributed by atoms with Gasteiger partial charge in [0.15, 0.2) is 0 Å². The van der Waals surface area contributed by atoms with Gasteiger partial charge in [0.25, 0.3) is 0 Å². The van der Waals surface area contributed by atoms with Gasteiger partial charge < -0.3 is 14.7 Å². The van der Waals surface area contributed by atoms with E-state index in [-0.39, 0.29) is 25.0 Å². The molecule has 0 bridgehead atoms. The summed E-state index contributed by atoms with van der Waals surface area (Å²) in [4.78, 5) is 24.7. The normalized spacial score (nSPS) is 18.2. The van der Waals surface area contributed by atoms with E-state index in [9.17, 15) is 9.59 Å². The highest BCUT2D eigenvalue weighted by molar-refractivity contribution is 5.79. The maximum absolute atomic E-state index is 12.3. The van der Waals surface area contributed by atoms with Gasteiger partial charge in [-0.15, -0.1) is 0 Å². The SMILES string of the molecule is O=C(O)C[C@H]1CCN1C(=O)OCC1c2ccccc2-c2ccccc21. The van der Waals surface area contributed by atoms with Crippen LogP contribution in [0.5, 0.6) is 0 Å². The van der Waals surface area contributed by atoms with Crippen molar-refractivity contribution < 1.29 is 19.4 Å². The highest BCUT2D eigenvalue weighted by atomic mass is 16.6. The molecule has 2 aromatic rings. The van der Waals surface area contributed by atoms with Crippen LogP contribution in [0.15, 0.2) is 48.5 Å². The number of aliphatic carboxylic acids is 1. The number of likely N-dealkylation sites (tertiary alicyclic amines) is 1. The number of fused-ring (bicyclic) bond motifs is 3. The third-order valence-corrected chi connectivity index (χ3v) is 5.12. The molecule has 1 N–H and O–H groups in total. The summed E-state index contributed by atoms with van der Waals surface area (Å²) in [5.41, 5.74) is 4.71. The molecule has 5 nitrogen and oxygen atoms in total. The summed E-state index contributed by atoms with van der Waals surface area (Å²) in [6.07, 6.45) is 0.278. The van der Waals surface area contributed by atoms with Crippen molar-refractivity contribution >= 4 is 12.1 Å². The molecule has 2 aliphatic rings. The van der Waals surface area contributed by atoms with Crippen molar-refractivity contribution in [1.29, 1.82) is 0 Å². The maximum atomic E-state index is 12.3. The molecule has 1 saturated heterocycles. The standard InChI is InChI=1S/C20H19NO4/c22-19(23)11-13-9-10-21(13)20(24)25-12-18-16-7-3-1-5-14(16)15-6-2-4-8-17(15)18/h1-8,13,18H,9-12H2,(H,22,23)/t13-/m1/s1. The van der Waals surface area contributed by atoms with Crippen molar-refractivity contribution in [1.82, 2.24) is 4.90 Å². The van der Waals surface area contributed by atoms with Crippen molar-refractivity contribution in [2.24, 2.45) is 0 Å². The molecule has 0 spiro atoms. The summed E-state index contributed by atoms with van der Waals surface area (Å²) in [5.74, 6) is -0.864. The Balaban J connectivity index is 1.48. The van der Waals surface area contributed by atoms with E-state index < -0.39 is 12.1 Å². The molecule has 0 unspecified atom stereocenters. The molecule has 4 rings (SSSR count). The zero-order chi connectivity index (χ0) is 17.4. The van der Waals surface area contributed by atoms with Crippen LogP contribution in [0, 0.1) is 0 Å². The zero-order valence-corrected chi connectivity index (χ0v) is 13.7. The van der Waals surface area contributed by atoms with Crippen LogP contribution in [0.1, 0.15) is 29.9 Å². The molecule has 0 radical (unpaired) electrons. The molecular formula is C20H19NO4. The number of carboxylic acids is 1. The number of carbonyl (C=O) groups excluding carboxylic acids is 1. The first kappa shape index (κ1) is 15.7. The Labute approximate surface area is 145 Å². The molecule has 25 heavy (non-hydrogen) atoms. The van der Waals surface area contributed by atoms with Crippen molar-refractivity contribution in [3.63, 3.8) is 0 Å². The van der Waals surface area contributed by atoms with Crippen molar-refractivity contribution in [2.45, 2.75) is 24.8 Å². The highest BCUT2D eigenvalue weighted by Crippen LogP contribution is 2.44. The molecule has 1 aliphatic carbocycles. The average Bonchev–Trinajstić information content (AvgIpc) is 2.91. The summed E-state index contributed by atoms with van der Waals surface area (Å²) < 4.78 is 5.55. The molecule has 2 aromatic carbocycles. The Morgan fingerprint density at radius 3 is 2.16 bits per heavy atom. The summed E-state index contributed by atoms with van der Waals surface area (Å²) in [6, 6.07) is 16.1. The average molecular weight is 337 g/mol. The third kappa shape index (κ3) is 2.76. The van der Waals surface area contributed by atoms with E-state index in [1.165, 1.54) is 27.2 Å². The molecule has 1 atom stereocenters. The lowest BCUT2D eigenvalue weighted by atomic mass is 9.98. The van der Waals surface area contributed by atoms with Gasteiger partial charge in [-0.3, -0.25) is 4.79 Å². The van der Waals surface area contributed by atoms with Crippen molar-refractivity contribution in [2.75, 3.05) is 13.2 Å². The number of amides is 1. The van der Waals surface area contributed by atoms with Gasteiger partial charge in [-0.2, -0.15) is 0 Å². The second-order valence-electron chi connectivity index (χ2n) is 6.54. The number of rotatable bonds is 4. The van der Waals surface area contributed by atoms with E-state index in [2.05, 4.69) is 24.3 Å². The molecule has 5 heteroatoms. The molecule has 1 fully saturated rings. The zero-order valence-electron chi connectivity index (χ0n) is 13.7. The van der Waals surface area contributed by atoms with Gasteiger partial charge >= 0.3 is 12.1 Å². The molecule has 1 amide bonds. The number of nitrogens with zero attached hydrogens (tertiary/aromatic N) is 1. The number of hydrogen-bond donors (Lipinski definition) is 1. The van der Waals surface area contributed by atoms with Gasteiger partial charge in [0.2, 0.25) is 0 Å². The predicted octanol–water partition coefficient (Wildman–Crippen LogP) is 3.48. The smallest absolute Gasteiger partial charge is 0.410 e. The summed E-state index contributed by atoms with van der Waals surface area (Å²) in [7, 11) is 0. The van der Waals surface area contributed by atoms with Crippen LogP contribution in [0.25, 0.3) is 11.1 Å². The fourth-order valence-electron chi connectivity index (χ4n) is 3.77. The fraction of sp³-hybridized carbons (Fsp3) is 0.300. The van der Waals surface area contributed by atoms with Crippen LogP contribution < -0.4 is 0 Å². The van der Waals surface area contributed by atoms with Crippen LogP contribution in [-0.2, 0) is 9.53 Å². The summed E-state index contributed by atoms with van der Waals surface area (Å²) >= 11 is 0. The number of hydrogen-bond acceptors (Lipinski definition) is 3. The largest absolute Gasteiger partial charge is 0.481 e. The van der Waals surface area contributed by atoms with Crippen LogP contribution in [0.2, 0.25) is 0 Å². The van der Waals surface area contributed by atoms with Crippen LogP contribution in [-0.4, -0.2) is 41.3 Å². The minimum absolute atomic E-state index is 0.0236. The van der Waals surface area contributed by atoms with E-state index in [0.717, 1.165) is 6.42 Å². The Morgan fingerprint density at radius 1 is 1.04 bits per heavy atom. The minimum Gasteiger partial charge on any atom is -0.481 e. The molecule has 0 saturated carbocycles. The number of ether oxygens (including phenoxy) is 1. The Kier molecular flexibility index (Phi) is 3.92. The van der Waals surface area contributed by atoms with E-state index in [4.69, 9.17) is 9.84 Å². The lowest BCUT2D eigenvalue weighted by Crippen LogP contribution is -2.52. The van der Waals surface area contributed by atoms with E-state index in [0.29, 0.717) is 6.54 Å². The summed E-state index contributed by atoms with van der Waals surface area (Å²) in [6.45, 7) is 0.831. The molecule has 0 aromatic heterocycles. The molecular weight excluding hydrogens is 318 g/mol. The Bertz CT molecular complexity index is 786. The first-order chi connectivity index (χ1) is 12.1. The van der Waals surface area contributed by atoms with E-state index in [1.54, 1.807) is 0 Å². The van der Waals surface area contributed by atoms with Gasteiger partial charge in [0.05, 0.1) is 6.42 Å². The predicted molar refractivity (Wildman–Crippen MR) is 92.4 cm³/mol.